The Morgan fingerprint density at radius 1 is 1.22 bits per heavy atom. The molecule has 1 aromatic carbocycles. The lowest BCUT2D eigenvalue weighted by atomic mass is 10.1. The van der Waals surface area contributed by atoms with E-state index in [-0.39, 0.29) is 5.63 Å². The average molecular weight is 365 g/mol. The summed E-state index contributed by atoms with van der Waals surface area (Å²) in [6, 6.07) is 7.41. The standard InChI is InChI=1S/C21H23N3O3/c1-3-14-12-15(26-2)13-17-18(14)21(25)27-20(23-17)16-8-7-9-22-19(16)24-10-5-4-6-11-24/h7-9,12-13H,3-6,10-11H2,1-2H3. The number of rotatable bonds is 4. The maximum atomic E-state index is 12.8. The van der Waals surface area contributed by atoms with Gasteiger partial charge in [-0.25, -0.2) is 14.8 Å². The van der Waals surface area contributed by atoms with E-state index < -0.39 is 0 Å². The Morgan fingerprint density at radius 3 is 2.78 bits per heavy atom. The summed E-state index contributed by atoms with van der Waals surface area (Å²) in [4.78, 5) is 24.2. The van der Waals surface area contributed by atoms with Gasteiger partial charge in [0.15, 0.2) is 0 Å². The molecule has 0 radical (unpaired) electrons. The fourth-order valence-corrected chi connectivity index (χ4v) is 3.69. The SMILES string of the molecule is CCc1cc(OC)cc2nc(-c3cccnc3N3CCCCC3)oc(=O)c12. The molecule has 0 amide bonds. The predicted octanol–water partition coefficient (Wildman–Crippen LogP) is 3.81. The van der Waals surface area contributed by atoms with E-state index in [0.29, 0.717) is 29.0 Å². The van der Waals surface area contributed by atoms with Crippen molar-refractivity contribution in [2.24, 2.45) is 0 Å². The van der Waals surface area contributed by atoms with Gasteiger partial charge in [0.1, 0.15) is 11.6 Å². The summed E-state index contributed by atoms with van der Waals surface area (Å²) < 4.78 is 11.0. The van der Waals surface area contributed by atoms with Crippen molar-refractivity contribution in [1.29, 1.82) is 0 Å². The normalized spacial score (nSPS) is 14.5. The van der Waals surface area contributed by atoms with Gasteiger partial charge in [0.2, 0.25) is 5.89 Å². The molecule has 3 heterocycles. The Hall–Kier alpha value is -2.89. The van der Waals surface area contributed by atoms with Crippen molar-refractivity contribution in [2.45, 2.75) is 32.6 Å². The highest BCUT2D eigenvalue weighted by atomic mass is 16.5. The highest BCUT2D eigenvalue weighted by Gasteiger charge is 2.20. The van der Waals surface area contributed by atoms with E-state index in [4.69, 9.17) is 9.15 Å². The number of fused-ring (bicyclic) bond motifs is 1. The van der Waals surface area contributed by atoms with Crippen LogP contribution in [0.1, 0.15) is 31.7 Å². The number of ether oxygens (including phenoxy) is 1. The number of nitrogens with zero attached hydrogens (tertiary/aromatic N) is 3. The molecular weight excluding hydrogens is 342 g/mol. The second-order valence-electron chi connectivity index (χ2n) is 6.76. The molecule has 3 aromatic rings. The zero-order valence-corrected chi connectivity index (χ0v) is 15.7. The largest absolute Gasteiger partial charge is 0.497 e. The quantitative estimate of drug-likeness (QED) is 0.700. The molecule has 0 N–H and O–H groups in total. The minimum Gasteiger partial charge on any atom is -0.497 e. The van der Waals surface area contributed by atoms with Crippen LogP contribution >= 0.6 is 0 Å². The van der Waals surface area contributed by atoms with Crippen LogP contribution in [0.15, 0.2) is 39.7 Å². The Bertz CT molecular complexity index is 1020. The number of anilines is 1. The Labute approximate surface area is 157 Å². The molecule has 0 saturated carbocycles. The molecule has 0 aliphatic carbocycles. The Balaban J connectivity index is 1.89. The van der Waals surface area contributed by atoms with E-state index in [9.17, 15) is 4.79 Å². The highest BCUT2D eigenvalue weighted by molar-refractivity contribution is 5.84. The van der Waals surface area contributed by atoms with Crippen LogP contribution in [0.2, 0.25) is 0 Å². The molecule has 1 fully saturated rings. The van der Waals surface area contributed by atoms with Gasteiger partial charge in [-0.3, -0.25) is 0 Å². The van der Waals surface area contributed by atoms with Crippen molar-refractivity contribution >= 4 is 16.7 Å². The number of methoxy groups -OCH3 is 1. The van der Waals surface area contributed by atoms with Gasteiger partial charge < -0.3 is 14.1 Å². The third kappa shape index (κ3) is 3.27. The van der Waals surface area contributed by atoms with Crippen LogP contribution in [0.4, 0.5) is 5.82 Å². The molecule has 0 atom stereocenters. The lowest BCUT2D eigenvalue weighted by Crippen LogP contribution is -2.30. The third-order valence-electron chi connectivity index (χ3n) is 5.08. The zero-order valence-electron chi connectivity index (χ0n) is 15.7. The van der Waals surface area contributed by atoms with Gasteiger partial charge in [-0.15, -0.1) is 0 Å². The van der Waals surface area contributed by atoms with Crippen molar-refractivity contribution in [3.8, 4) is 17.2 Å². The minimum atomic E-state index is -0.372. The number of aryl methyl sites for hydroxylation is 1. The predicted molar refractivity (Wildman–Crippen MR) is 106 cm³/mol. The first-order valence-electron chi connectivity index (χ1n) is 9.43. The van der Waals surface area contributed by atoms with Crippen LogP contribution in [0, 0.1) is 0 Å². The number of pyridine rings is 1. The maximum Gasteiger partial charge on any atom is 0.347 e. The summed E-state index contributed by atoms with van der Waals surface area (Å²) in [5.74, 6) is 1.81. The lowest BCUT2D eigenvalue weighted by molar-refractivity contribution is 0.414. The van der Waals surface area contributed by atoms with Crippen LogP contribution < -0.4 is 15.3 Å². The fourth-order valence-electron chi connectivity index (χ4n) is 3.69. The van der Waals surface area contributed by atoms with Gasteiger partial charge >= 0.3 is 5.63 Å². The summed E-state index contributed by atoms with van der Waals surface area (Å²) in [5.41, 5.74) is 1.84. The summed E-state index contributed by atoms with van der Waals surface area (Å²) in [6.45, 7) is 3.91. The first-order chi connectivity index (χ1) is 13.2. The van der Waals surface area contributed by atoms with Gasteiger partial charge in [0.25, 0.3) is 0 Å². The number of hydrogen-bond donors (Lipinski definition) is 0. The molecular formula is C21H23N3O3. The van der Waals surface area contributed by atoms with E-state index in [2.05, 4.69) is 14.9 Å². The topological polar surface area (TPSA) is 68.5 Å². The monoisotopic (exact) mass is 365 g/mol. The molecule has 140 valence electrons. The number of piperidine rings is 1. The first kappa shape index (κ1) is 17.5. The average Bonchev–Trinajstić information content (AvgIpc) is 2.73. The molecule has 6 heteroatoms. The molecule has 1 saturated heterocycles. The van der Waals surface area contributed by atoms with Crippen LogP contribution in [-0.4, -0.2) is 30.2 Å². The van der Waals surface area contributed by atoms with E-state index in [0.717, 1.165) is 42.9 Å². The summed E-state index contributed by atoms with van der Waals surface area (Å²) in [5, 5.41) is 0.519. The lowest BCUT2D eigenvalue weighted by Gasteiger charge is -2.28. The van der Waals surface area contributed by atoms with Crippen LogP contribution in [0.25, 0.3) is 22.4 Å². The van der Waals surface area contributed by atoms with Crippen molar-refractivity contribution in [3.05, 3.63) is 46.4 Å². The van der Waals surface area contributed by atoms with Gasteiger partial charge in [0.05, 0.1) is 23.6 Å². The molecule has 0 spiro atoms. The van der Waals surface area contributed by atoms with Gasteiger partial charge in [-0.2, -0.15) is 0 Å². The van der Waals surface area contributed by atoms with Crippen molar-refractivity contribution < 1.29 is 9.15 Å². The minimum absolute atomic E-state index is 0.302. The van der Waals surface area contributed by atoms with E-state index in [1.165, 1.54) is 6.42 Å². The smallest absolute Gasteiger partial charge is 0.347 e. The number of hydrogen-bond acceptors (Lipinski definition) is 6. The molecule has 0 bridgehead atoms. The molecule has 1 aliphatic rings. The van der Waals surface area contributed by atoms with E-state index in [1.54, 1.807) is 19.4 Å². The second kappa shape index (κ2) is 7.39. The van der Waals surface area contributed by atoms with Gasteiger partial charge in [0, 0.05) is 25.4 Å². The Kier molecular flexibility index (Phi) is 4.79. The fraction of sp³-hybridized carbons (Fsp3) is 0.381. The van der Waals surface area contributed by atoms with Crippen molar-refractivity contribution in [1.82, 2.24) is 9.97 Å². The van der Waals surface area contributed by atoms with Gasteiger partial charge in [-0.1, -0.05) is 6.92 Å². The number of aromatic nitrogens is 2. The van der Waals surface area contributed by atoms with E-state index in [1.807, 2.05) is 25.1 Å². The Morgan fingerprint density at radius 2 is 2.04 bits per heavy atom. The van der Waals surface area contributed by atoms with Crippen molar-refractivity contribution in [3.63, 3.8) is 0 Å². The number of benzene rings is 1. The highest BCUT2D eigenvalue weighted by Crippen LogP contribution is 2.31. The molecule has 27 heavy (non-hydrogen) atoms. The zero-order chi connectivity index (χ0) is 18.8. The third-order valence-corrected chi connectivity index (χ3v) is 5.08. The molecule has 0 unspecified atom stereocenters. The van der Waals surface area contributed by atoms with Gasteiger partial charge in [-0.05, 0) is 49.4 Å². The van der Waals surface area contributed by atoms with Crippen LogP contribution in [-0.2, 0) is 6.42 Å². The van der Waals surface area contributed by atoms with Crippen LogP contribution in [0.5, 0.6) is 5.75 Å². The molecule has 4 rings (SSSR count). The van der Waals surface area contributed by atoms with Crippen molar-refractivity contribution in [2.75, 3.05) is 25.1 Å². The molecule has 6 nitrogen and oxygen atoms in total. The summed E-state index contributed by atoms with van der Waals surface area (Å²) in [6.07, 6.45) is 5.99. The summed E-state index contributed by atoms with van der Waals surface area (Å²) >= 11 is 0. The molecule has 2 aromatic heterocycles. The molecule has 1 aliphatic heterocycles. The maximum absolute atomic E-state index is 12.8. The second-order valence-corrected chi connectivity index (χ2v) is 6.76. The summed E-state index contributed by atoms with van der Waals surface area (Å²) in [7, 11) is 1.61. The van der Waals surface area contributed by atoms with E-state index >= 15 is 0 Å². The van der Waals surface area contributed by atoms with Crippen LogP contribution in [0.3, 0.4) is 0 Å². The first-order valence-corrected chi connectivity index (χ1v) is 9.43.